The van der Waals surface area contributed by atoms with E-state index >= 15 is 0 Å². The van der Waals surface area contributed by atoms with Crippen LogP contribution in [0.1, 0.15) is 17.5 Å². The third-order valence-electron chi connectivity index (χ3n) is 3.47. The van der Waals surface area contributed by atoms with Gasteiger partial charge in [0.1, 0.15) is 11.1 Å². The molecule has 5 nitrogen and oxygen atoms in total. The van der Waals surface area contributed by atoms with Crippen molar-refractivity contribution in [3.05, 3.63) is 63.4 Å². The molecular weight excluding hydrogens is 336 g/mol. The summed E-state index contributed by atoms with van der Waals surface area (Å²) in [6, 6.07) is 14.1. The number of hydrogen-bond acceptors (Lipinski definition) is 6. The van der Waals surface area contributed by atoms with Gasteiger partial charge in [0, 0.05) is 4.70 Å². The number of hydrogen-bond donors (Lipinski definition) is 1. The molecule has 0 bridgehead atoms. The van der Waals surface area contributed by atoms with Crippen molar-refractivity contribution in [2.24, 2.45) is 0 Å². The Balaban J connectivity index is 2.09. The first-order chi connectivity index (χ1) is 12.1. The highest BCUT2D eigenvalue weighted by Crippen LogP contribution is 2.29. The number of nitriles is 1. The molecule has 1 aromatic heterocycles. The lowest BCUT2D eigenvalue weighted by Crippen LogP contribution is -2.07. The van der Waals surface area contributed by atoms with Gasteiger partial charge in [-0.25, -0.2) is 0 Å². The van der Waals surface area contributed by atoms with Crippen molar-refractivity contribution >= 4 is 33.1 Å². The van der Waals surface area contributed by atoms with Gasteiger partial charge in [0.2, 0.25) is 0 Å². The molecule has 0 atom stereocenters. The van der Waals surface area contributed by atoms with Crippen LogP contribution in [0.25, 0.3) is 21.7 Å². The summed E-state index contributed by atoms with van der Waals surface area (Å²) in [5.41, 5.74) is 0.597. The van der Waals surface area contributed by atoms with Crippen molar-refractivity contribution in [3.8, 4) is 17.6 Å². The summed E-state index contributed by atoms with van der Waals surface area (Å²) in [6.07, 6.45) is 1.62. The van der Waals surface area contributed by atoms with Crippen LogP contribution in [0, 0.1) is 11.3 Å². The summed E-state index contributed by atoms with van der Waals surface area (Å²) in [5.74, 6) is 0.374. The predicted molar refractivity (Wildman–Crippen MR) is 98.6 cm³/mol. The summed E-state index contributed by atoms with van der Waals surface area (Å²) in [5, 5.41) is 20.2. The molecule has 0 spiro atoms. The van der Waals surface area contributed by atoms with Gasteiger partial charge in [-0.1, -0.05) is 18.2 Å². The molecule has 25 heavy (non-hydrogen) atoms. The van der Waals surface area contributed by atoms with Gasteiger partial charge in [0.05, 0.1) is 17.6 Å². The second-order valence-electron chi connectivity index (χ2n) is 5.15. The molecular formula is C19H14N2O3S. The number of allylic oxidation sites excluding steroid dienone is 1. The lowest BCUT2D eigenvalue weighted by atomic mass is 10.1. The molecule has 0 unspecified atom stereocenters. The Labute approximate surface area is 148 Å². The Morgan fingerprint density at radius 3 is 2.92 bits per heavy atom. The van der Waals surface area contributed by atoms with Gasteiger partial charge in [-0.05, 0) is 42.8 Å². The third-order valence-corrected chi connectivity index (χ3v) is 4.55. The van der Waals surface area contributed by atoms with E-state index in [1.54, 1.807) is 30.3 Å². The fourth-order valence-corrected chi connectivity index (χ4v) is 3.29. The molecule has 1 N–H and O–H groups in total. The number of phenolic OH excluding ortho intramolecular Hbond substituents is 1. The van der Waals surface area contributed by atoms with Gasteiger partial charge in [0.25, 0.3) is 5.56 Å². The Morgan fingerprint density at radius 1 is 1.36 bits per heavy atom. The maximum Gasteiger partial charge on any atom is 0.279 e. The van der Waals surface area contributed by atoms with Crippen molar-refractivity contribution in [2.75, 3.05) is 6.61 Å². The van der Waals surface area contributed by atoms with Gasteiger partial charge in [-0.15, -0.1) is 11.3 Å². The van der Waals surface area contributed by atoms with Crippen molar-refractivity contribution < 1.29 is 9.84 Å². The average Bonchev–Trinajstić information content (AvgIpc) is 2.62. The van der Waals surface area contributed by atoms with Gasteiger partial charge < -0.3 is 9.84 Å². The van der Waals surface area contributed by atoms with Crippen molar-refractivity contribution in [1.82, 2.24) is 4.98 Å². The van der Waals surface area contributed by atoms with Gasteiger partial charge in [0.15, 0.2) is 11.5 Å². The summed E-state index contributed by atoms with van der Waals surface area (Å²) in [7, 11) is 0. The number of fused-ring (bicyclic) bond motifs is 1. The molecule has 1 heterocycles. The van der Waals surface area contributed by atoms with E-state index in [0.717, 1.165) is 4.70 Å². The molecule has 0 aliphatic rings. The molecule has 3 aromatic rings. The zero-order valence-corrected chi connectivity index (χ0v) is 14.2. The smallest absolute Gasteiger partial charge is 0.279 e. The van der Waals surface area contributed by atoms with Gasteiger partial charge >= 0.3 is 0 Å². The minimum atomic E-state index is -0.355. The number of benzene rings is 2. The van der Waals surface area contributed by atoms with E-state index in [4.69, 9.17) is 4.74 Å². The zero-order valence-electron chi connectivity index (χ0n) is 13.4. The van der Waals surface area contributed by atoms with Crippen LogP contribution < -0.4 is 10.3 Å². The third kappa shape index (κ3) is 3.52. The van der Waals surface area contributed by atoms with E-state index in [1.165, 1.54) is 17.4 Å². The maximum atomic E-state index is 12.2. The van der Waals surface area contributed by atoms with Crippen LogP contribution >= 0.6 is 11.3 Å². The normalized spacial score (nSPS) is 11.3. The van der Waals surface area contributed by atoms with Crippen LogP contribution in [0.3, 0.4) is 0 Å². The molecule has 0 saturated heterocycles. The predicted octanol–water partition coefficient (Wildman–Crippen LogP) is 3.82. The summed E-state index contributed by atoms with van der Waals surface area (Å²) in [4.78, 5) is 16.2. The standard InChI is InChI=1S/C19H14N2O3S/c1-2-24-16-10-12(7-8-15(16)22)9-13(11-20)19-21-18(23)14-5-3-4-6-17(14)25-19/h3-10,22H,2H2,1H3. The topological polar surface area (TPSA) is 83.2 Å². The SMILES string of the molecule is CCOc1cc(C=C(C#N)c2nc(=O)c3ccccc3s2)ccc1O. The van der Waals surface area contributed by atoms with E-state index in [9.17, 15) is 15.2 Å². The number of rotatable bonds is 4. The number of aromatic nitrogens is 1. The fraction of sp³-hybridized carbons (Fsp3) is 0.105. The Hall–Kier alpha value is -3.17. The molecule has 6 heteroatoms. The van der Waals surface area contributed by atoms with Crippen molar-refractivity contribution in [1.29, 1.82) is 5.26 Å². The highest BCUT2D eigenvalue weighted by atomic mass is 32.1. The highest BCUT2D eigenvalue weighted by Gasteiger charge is 2.10. The minimum absolute atomic E-state index is 0.0333. The fourth-order valence-electron chi connectivity index (χ4n) is 2.33. The number of ether oxygens (including phenoxy) is 1. The quantitative estimate of drug-likeness (QED) is 0.723. The lowest BCUT2D eigenvalue weighted by molar-refractivity contribution is 0.318. The van der Waals surface area contributed by atoms with E-state index in [-0.39, 0.29) is 16.9 Å². The Bertz CT molecular complexity index is 1060. The summed E-state index contributed by atoms with van der Waals surface area (Å²) >= 11 is 1.29. The van der Waals surface area contributed by atoms with Crippen LogP contribution in [0.2, 0.25) is 0 Å². The molecule has 0 fully saturated rings. The number of nitrogens with zero attached hydrogens (tertiary/aromatic N) is 2. The number of aromatic hydroxyl groups is 1. The van der Waals surface area contributed by atoms with E-state index in [0.29, 0.717) is 28.3 Å². The summed E-state index contributed by atoms with van der Waals surface area (Å²) < 4.78 is 6.13. The average molecular weight is 350 g/mol. The highest BCUT2D eigenvalue weighted by molar-refractivity contribution is 7.19. The van der Waals surface area contributed by atoms with Crippen LogP contribution in [0.4, 0.5) is 0 Å². The Kier molecular flexibility index (Phi) is 4.78. The first kappa shape index (κ1) is 16.7. The Morgan fingerprint density at radius 2 is 2.16 bits per heavy atom. The molecule has 2 aromatic carbocycles. The van der Waals surface area contributed by atoms with E-state index < -0.39 is 0 Å². The van der Waals surface area contributed by atoms with E-state index in [1.807, 2.05) is 19.1 Å². The second-order valence-corrected chi connectivity index (χ2v) is 6.18. The molecule has 124 valence electrons. The molecule has 0 aliphatic carbocycles. The zero-order chi connectivity index (χ0) is 17.8. The van der Waals surface area contributed by atoms with Crippen LogP contribution in [-0.4, -0.2) is 16.7 Å². The van der Waals surface area contributed by atoms with Crippen LogP contribution in [0.5, 0.6) is 11.5 Å². The molecule has 0 saturated carbocycles. The number of phenols is 1. The molecule has 0 radical (unpaired) electrons. The largest absolute Gasteiger partial charge is 0.504 e. The van der Waals surface area contributed by atoms with E-state index in [2.05, 4.69) is 11.1 Å². The van der Waals surface area contributed by atoms with Gasteiger partial charge in [-0.3, -0.25) is 4.79 Å². The molecule has 3 rings (SSSR count). The summed E-state index contributed by atoms with van der Waals surface area (Å²) in [6.45, 7) is 2.23. The van der Waals surface area contributed by atoms with Crippen molar-refractivity contribution in [2.45, 2.75) is 6.92 Å². The van der Waals surface area contributed by atoms with Crippen molar-refractivity contribution in [3.63, 3.8) is 0 Å². The second kappa shape index (κ2) is 7.16. The molecule has 0 amide bonds. The maximum absolute atomic E-state index is 12.2. The minimum Gasteiger partial charge on any atom is -0.504 e. The van der Waals surface area contributed by atoms with Crippen LogP contribution in [0.15, 0.2) is 47.3 Å². The first-order valence-corrected chi connectivity index (χ1v) is 8.42. The van der Waals surface area contributed by atoms with Gasteiger partial charge in [-0.2, -0.15) is 10.2 Å². The van der Waals surface area contributed by atoms with Crippen LogP contribution in [-0.2, 0) is 0 Å². The molecule has 0 aliphatic heterocycles. The monoisotopic (exact) mass is 350 g/mol. The first-order valence-electron chi connectivity index (χ1n) is 7.60. The lowest BCUT2D eigenvalue weighted by Gasteiger charge is -2.06.